The highest BCUT2D eigenvalue weighted by Gasteiger charge is 2.31. The first-order valence-electron chi connectivity index (χ1n) is 9.33. The highest BCUT2D eigenvalue weighted by molar-refractivity contribution is 6.31. The maximum atomic E-state index is 13.1. The summed E-state index contributed by atoms with van der Waals surface area (Å²) in [5.74, 6) is 0.770. The van der Waals surface area contributed by atoms with Gasteiger partial charge in [0, 0.05) is 23.3 Å². The van der Waals surface area contributed by atoms with Crippen LogP contribution in [-0.2, 0) is 0 Å². The summed E-state index contributed by atoms with van der Waals surface area (Å²) in [5, 5.41) is 0.707. The highest BCUT2D eigenvalue weighted by atomic mass is 35.5. The Bertz CT molecular complexity index is 988. The summed E-state index contributed by atoms with van der Waals surface area (Å²) in [5.41, 5.74) is 3.36. The number of carbonyl (C=O) groups excluding carboxylic acids is 1. The second-order valence-electron chi connectivity index (χ2n) is 6.84. The van der Waals surface area contributed by atoms with Gasteiger partial charge < -0.3 is 9.64 Å². The van der Waals surface area contributed by atoms with E-state index in [0.717, 1.165) is 42.0 Å². The molecule has 28 heavy (non-hydrogen) atoms. The van der Waals surface area contributed by atoms with Crippen LogP contribution in [0.25, 0.3) is 11.3 Å². The Balaban J connectivity index is 1.57. The van der Waals surface area contributed by atoms with E-state index in [1.165, 1.54) is 0 Å². The van der Waals surface area contributed by atoms with Crippen LogP contribution in [0.1, 0.15) is 34.8 Å². The Morgan fingerprint density at radius 3 is 2.75 bits per heavy atom. The molecule has 1 saturated heterocycles. The number of ether oxygens (including phenoxy) is 1. The average Bonchev–Trinajstić information content (AvgIpc) is 3.23. The zero-order valence-corrected chi connectivity index (χ0v) is 16.4. The van der Waals surface area contributed by atoms with E-state index < -0.39 is 0 Å². The summed E-state index contributed by atoms with van der Waals surface area (Å²) in [6, 6.07) is 19.2. The second-order valence-corrected chi connectivity index (χ2v) is 7.25. The number of carbonyl (C=O) groups is 1. The van der Waals surface area contributed by atoms with Crippen molar-refractivity contribution in [3.05, 3.63) is 83.0 Å². The van der Waals surface area contributed by atoms with Crippen molar-refractivity contribution >= 4 is 17.5 Å². The number of methoxy groups -OCH3 is 1. The van der Waals surface area contributed by atoms with Gasteiger partial charge in [-0.05, 0) is 48.7 Å². The summed E-state index contributed by atoms with van der Waals surface area (Å²) >= 11 is 6.37. The van der Waals surface area contributed by atoms with Crippen molar-refractivity contribution < 1.29 is 9.53 Å². The van der Waals surface area contributed by atoms with Crippen LogP contribution < -0.4 is 4.74 Å². The number of nitrogens with zero attached hydrogens (tertiary/aromatic N) is 2. The van der Waals surface area contributed by atoms with Crippen molar-refractivity contribution in [2.75, 3.05) is 13.7 Å². The smallest absolute Gasteiger partial charge is 0.255 e. The molecule has 0 bridgehead atoms. The standard InChI is InChI=1S/C23H21ClN2O2/c1-28-18-7-4-6-16(14-18)21-12-11-17(15-25-21)23(27)26-13-5-10-22(26)19-8-2-3-9-20(19)24/h2-4,6-9,11-12,14-15,22H,5,10,13H2,1H3/t22-/m1/s1. The van der Waals surface area contributed by atoms with Crippen molar-refractivity contribution in [1.82, 2.24) is 9.88 Å². The van der Waals surface area contributed by atoms with Crippen molar-refractivity contribution in [2.24, 2.45) is 0 Å². The van der Waals surface area contributed by atoms with Crippen LogP contribution in [0.3, 0.4) is 0 Å². The molecule has 5 heteroatoms. The minimum atomic E-state index is -0.00730. The van der Waals surface area contributed by atoms with E-state index >= 15 is 0 Å². The Hall–Kier alpha value is -2.85. The maximum Gasteiger partial charge on any atom is 0.255 e. The third-order valence-corrected chi connectivity index (χ3v) is 5.50. The molecule has 1 aromatic heterocycles. The Morgan fingerprint density at radius 1 is 1.14 bits per heavy atom. The zero-order chi connectivity index (χ0) is 19.5. The third-order valence-electron chi connectivity index (χ3n) is 5.15. The fourth-order valence-corrected chi connectivity index (χ4v) is 3.98. The number of pyridine rings is 1. The number of aromatic nitrogens is 1. The van der Waals surface area contributed by atoms with E-state index in [4.69, 9.17) is 16.3 Å². The monoisotopic (exact) mass is 392 g/mol. The lowest BCUT2D eigenvalue weighted by atomic mass is 10.0. The molecule has 1 amide bonds. The molecule has 1 aliphatic heterocycles. The fraction of sp³-hybridized carbons (Fsp3) is 0.217. The van der Waals surface area contributed by atoms with Gasteiger partial charge in [0.2, 0.25) is 0 Å². The van der Waals surface area contributed by atoms with Gasteiger partial charge in [0.15, 0.2) is 0 Å². The minimum Gasteiger partial charge on any atom is -0.497 e. The Morgan fingerprint density at radius 2 is 2.00 bits per heavy atom. The predicted octanol–water partition coefficient (Wildman–Crippen LogP) is 5.39. The number of rotatable bonds is 4. The van der Waals surface area contributed by atoms with E-state index in [-0.39, 0.29) is 11.9 Å². The van der Waals surface area contributed by atoms with Crippen molar-refractivity contribution in [3.8, 4) is 17.0 Å². The van der Waals surface area contributed by atoms with Gasteiger partial charge >= 0.3 is 0 Å². The number of likely N-dealkylation sites (tertiary alicyclic amines) is 1. The minimum absolute atomic E-state index is 0.00730. The van der Waals surface area contributed by atoms with E-state index in [2.05, 4.69) is 4.98 Å². The molecular formula is C23H21ClN2O2. The van der Waals surface area contributed by atoms with Crippen LogP contribution in [0.4, 0.5) is 0 Å². The molecule has 142 valence electrons. The van der Waals surface area contributed by atoms with Crippen molar-refractivity contribution in [3.63, 3.8) is 0 Å². The average molecular weight is 393 g/mol. The second kappa shape index (κ2) is 8.03. The van der Waals surface area contributed by atoms with Crippen molar-refractivity contribution in [1.29, 1.82) is 0 Å². The topological polar surface area (TPSA) is 42.4 Å². The first-order chi connectivity index (χ1) is 13.7. The normalized spacial score (nSPS) is 16.2. The molecule has 1 fully saturated rings. The summed E-state index contributed by atoms with van der Waals surface area (Å²) < 4.78 is 5.27. The highest BCUT2D eigenvalue weighted by Crippen LogP contribution is 2.36. The molecule has 0 N–H and O–H groups in total. The molecular weight excluding hydrogens is 372 g/mol. The molecule has 4 rings (SSSR count). The largest absolute Gasteiger partial charge is 0.497 e. The predicted molar refractivity (Wildman–Crippen MR) is 111 cm³/mol. The van der Waals surface area contributed by atoms with Crippen LogP contribution >= 0.6 is 11.6 Å². The zero-order valence-electron chi connectivity index (χ0n) is 15.6. The number of hydrogen-bond donors (Lipinski definition) is 0. The Labute approximate surface area is 169 Å². The quantitative estimate of drug-likeness (QED) is 0.598. The van der Waals surface area contributed by atoms with Gasteiger partial charge in [-0.3, -0.25) is 9.78 Å². The molecule has 3 aromatic rings. The van der Waals surface area contributed by atoms with E-state index in [9.17, 15) is 4.79 Å². The molecule has 4 nitrogen and oxygen atoms in total. The summed E-state index contributed by atoms with van der Waals surface area (Å²) in [4.78, 5) is 19.5. The lowest BCUT2D eigenvalue weighted by Crippen LogP contribution is -2.30. The first-order valence-corrected chi connectivity index (χ1v) is 9.71. The molecule has 0 unspecified atom stereocenters. The third kappa shape index (κ3) is 3.60. The molecule has 1 aliphatic rings. The molecule has 0 aliphatic carbocycles. The molecule has 0 spiro atoms. The summed E-state index contributed by atoms with van der Waals surface area (Å²) in [6.07, 6.45) is 3.54. The fourth-order valence-electron chi connectivity index (χ4n) is 3.72. The lowest BCUT2D eigenvalue weighted by Gasteiger charge is -2.26. The van der Waals surface area contributed by atoms with Gasteiger partial charge in [-0.15, -0.1) is 0 Å². The van der Waals surface area contributed by atoms with Crippen LogP contribution in [-0.4, -0.2) is 29.4 Å². The summed E-state index contributed by atoms with van der Waals surface area (Å²) in [7, 11) is 1.64. The number of hydrogen-bond acceptors (Lipinski definition) is 3. The van der Waals surface area contributed by atoms with Gasteiger partial charge in [0.25, 0.3) is 5.91 Å². The van der Waals surface area contributed by atoms with Gasteiger partial charge in [-0.1, -0.05) is 41.9 Å². The summed E-state index contributed by atoms with van der Waals surface area (Å²) in [6.45, 7) is 0.729. The SMILES string of the molecule is COc1cccc(-c2ccc(C(=O)N3CCC[C@@H]3c3ccccc3Cl)cn2)c1. The number of halogens is 1. The van der Waals surface area contributed by atoms with Crippen molar-refractivity contribution in [2.45, 2.75) is 18.9 Å². The molecule has 0 radical (unpaired) electrons. The maximum absolute atomic E-state index is 13.1. The molecule has 1 atom stereocenters. The molecule has 2 heterocycles. The Kier molecular flexibility index (Phi) is 5.31. The first kappa shape index (κ1) is 18.5. The van der Waals surface area contributed by atoms with Crippen LogP contribution in [0.5, 0.6) is 5.75 Å². The van der Waals surface area contributed by atoms with Crippen LogP contribution in [0.15, 0.2) is 66.9 Å². The van der Waals surface area contributed by atoms with E-state index in [1.807, 2.05) is 65.6 Å². The van der Waals surface area contributed by atoms with Gasteiger partial charge in [0.05, 0.1) is 24.4 Å². The lowest BCUT2D eigenvalue weighted by molar-refractivity contribution is 0.0735. The number of amides is 1. The molecule has 2 aromatic carbocycles. The number of benzene rings is 2. The van der Waals surface area contributed by atoms with Crippen LogP contribution in [0.2, 0.25) is 5.02 Å². The van der Waals surface area contributed by atoms with Gasteiger partial charge in [-0.2, -0.15) is 0 Å². The van der Waals surface area contributed by atoms with E-state index in [0.29, 0.717) is 10.6 Å². The van der Waals surface area contributed by atoms with E-state index in [1.54, 1.807) is 13.3 Å². The van der Waals surface area contributed by atoms with Gasteiger partial charge in [0.1, 0.15) is 5.75 Å². The van der Waals surface area contributed by atoms with Gasteiger partial charge in [-0.25, -0.2) is 0 Å². The van der Waals surface area contributed by atoms with Crippen LogP contribution in [0, 0.1) is 0 Å². The molecule has 0 saturated carbocycles.